The highest BCUT2D eigenvalue weighted by Gasteiger charge is 2.23. The summed E-state index contributed by atoms with van der Waals surface area (Å²) in [5.41, 5.74) is 11.9. The molecule has 2 aromatic carbocycles. The summed E-state index contributed by atoms with van der Waals surface area (Å²) in [7, 11) is 0. The molecule has 2 aliphatic heterocycles. The topological polar surface area (TPSA) is 55.7 Å². The second-order valence-electron chi connectivity index (χ2n) is 8.84. The maximum absolute atomic E-state index is 10.1. The first-order chi connectivity index (χ1) is 14.2. The van der Waals surface area contributed by atoms with Crippen LogP contribution in [0.25, 0.3) is 0 Å². The third-order valence-electron chi connectivity index (χ3n) is 7.23. The predicted octanol–water partition coefficient (Wildman–Crippen LogP) is 5.77. The maximum Gasteiger partial charge on any atom is 0.122 e. The molecule has 0 amide bonds. The van der Waals surface area contributed by atoms with E-state index in [0.717, 1.165) is 61.2 Å². The maximum atomic E-state index is 10.1. The van der Waals surface area contributed by atoms with Crippen molar-refractivity contribution in [1.82, 2.24) is 0 Å². The van der Waals surface area contributed by atoms with Crippen LogP contribution in [0.2, 0.25) is 0 Å². The number of nitrogens with zero attached hydrogens (tertiary/aromatic N) is 1. The van der Waals surface area contributed by atoms with Gasteiger partial charge in [0.2, 0.25) is 0 Å². The molecule has 0 aromatic heterocycles. The number of hydrogen-bond acceptors (Lipinski definition) is 4. The van der Waals surface area contributed by atoms with Gasteiger partial charge in [-0.05, 0) is 119 Å². The lowest BCUT2D eigenvalue weighted by atomic mass is 9.90. The second-order valence-corrected chi connectivity index (χ2v) is 8.84. The standard InChI is InChI=1S/C14H21NO.C12H17NO/c1-5-15-8-6-7-12-11(4)14(16)10(3)9(2)13(12)15;1-7-8(2)12(14)9(3)10-5-4-6-13-11(7)10/h16H,5-8H2,1-4H3;13-14H,4-6H2,1-3H3. The van der Waals surface area contributed by atoms with Gasteiger partial charge in [0.1, 0.15) is 11.5 Å². The lowest BCUT2D eigenvalue weighted by Crippen LogP contribution is -2.30. The quantitative estimate of drug-likeness (QED) is 0.523. The lowest BCUT2D eigenvalue weighted by molar-refractivity contribution is 0.464. The molecule has 0 saturated carbocycles. The highest BCUT2D eigenvalue weighted by molar-refractivity contribution is 5.70. The fraction of sp³-hybridized carbons (Fsp3) is 0.538. The van der Waals surface area contributed by atoms with Crippen molar-refractivity contribution in [2.75, 3.05) is 29.9 Å². The van der Waals surface area contributed by atoms with Crippen LogP contribution in [0.15, 0.2) is 0 Å². The van der Waals surface area contributed by atoms with Crippen molar-refractivity contribution in [2.24, 2.45) is 0 Å². The second kappa shape index (κ2) is 8.79. The zero-order valence-corrected chi connectivity index (χ0v) is 19.8. The number of nitrogens with one attached hydrogen (secondary N) is 1. The first kappa shape index (κ1) is 22.3. The number of rotatable bonds is 1. The van der Waals surface area contributed by atoms with Gasteiger partial charge in [-0.3, -0.25) is 0 Å². The Morgan fingerprint density at radius 1 is 0.733 bits per heavy atom. The van der Waals surface area contributed by atoms with Crippen LogP contribution in [0.4, 0.5) is 11.4 Å². The largest absolute Gasteiger partial charge is 0.507 e. The van der Waals surface area contributed by atoms with Gasteiger partial charge < -0.3 is 20.4 Å². The third kappa shape index (κ3) is 3.73. The molecule has 0 unspecified atom stereocenters. The smallest absolute Gasteiger partial charge is 0.122 e. The first-order valence-electron chi connectivity index (χ1n) is 11.3. The van der Waals surface area contributed by atoms with Crippen molar-refractivity contribution < 1.29 is 10.2 Å². The monoisotopic (exact) mass is 410 g/mol. The van der Waals surface area contributed by atoms with E-state index in [1.807, 2.05) is 27.7 Å². The van der Waals surface area contributed by atoms with Crippen LogP contribution in [0, 0.1) is 41.5 Å². The Hall–Kier alpha value is -2.36. The normalized spacial score (nSPS) is 15.0. The van der Waals surface area contributed by atoms with Crippen LogP contribution in [0.3, 0.4) is 0 Å². The number of phenols is 2. The van der Waals surface area contributed by atoms with Gasteiger partial charge in [0.25, 0.3) is 0 Å². The molecule has 0 atom stereocenters. The molecule has 164 valence electrons. The van der Waals surface area contributed by atoms with Crippen LogP contribution in [0.5, 0.6) is 11.5 Å². The summed E-state index contributed by atoms with van der Waals surface area (Å²) in [6.45, 7) is 17.7. The predicted molar refractivity (Wildman–Crippen MR) is 128 cm³/mol. The van der Waals surface area contributed by atoms with Crippen LogP contribution in [-0.4, -0.2) is 29.8 Å². The van der Waals surface area contributed by atoms with E-state index in [-0.39, 0.29) is 0 Å². The molecule has 0 bridgehead atoms. The van der Waals surface area contributed by atoms with Gasteiger partial charge >= 0.3 is 0 Å². The van der Waals surface area contributed by atoms with E-state index in [4.69, 9.17) is 0 Å². The van der Waals surface area contributed by atoms with Gasteiger partial charge in [0.15, 0.2) is 0 Å². The summed E-state index contributed by atoms with van der Waals surface area (Å²) in [5.74, 6) is 0.971. The molecule has 3 N–H and O–H groups in total. The molecular weight excluding hydrogens is 372 g/mol. The van der Waals surface area contributed by atoms with Crippen molar-refractivity contribution in [3.05, 3.63) is 44.5 Å². The summed E-state index contributed by atoms with van der Waals surface area (Å²) in [5, 5.41) is 23.4. The van der Waals surface area contributed by atoms with Crippen LogP contribution < -0.4 is 10.2 Å². The molecule has 0 spiro atoms. The molecule has 4 nitrogen and oxygen atoms in total. The Balaban J connectivity index is 0.000000172. The highest BCUT2D eigenvalue weighted by atomic mass is 16.3. The van der Waals surface area contributed by atoms with Gasteiger partial charge in [0, 0.05) is 31.0 Å². The molecule has 4 rings (SSSR count). The van der Waals surface area contributed by atoms with Gasteiger partial charge in [0.05, 0.1) is 0 Å². The van der Waals surface area contributed by atoms with E-state index in [9.17, 15) is 10.2 Å². The Kier molecular flexibility index (Phi) is 6.54. The van der Waals surface area contributed by atoms with Crippen LogP contribution >= 0.6 is 0 Å². The fourth-order valence-electron chi connectivity index (χ4n) is 5.03. The molecule has 30 heavy (non-hydrogen) atoms. The summed E-state index contributed by atoms with van der Waals surface area (Å²) >= 11 is 0. The molecule has 4 heteroatoms. The van der Waals surface area contributed by atoms with Crippen molar-refractivity contribution in [1.29, 1.82) is 0 Å². The lowest BCUT2D eigenvalue weighted by Gasteiger charge is -2.34. The molecule has 2 aromatic rings. The summed E-state index contributed by atoms with van der Waals surface area (Å²) in [6.07, 6.45) is 4.55. The van der Waals surface area contributed by atoms with Crippen molar-refractivity contribution in [3.63, 3.8) is 0 Å². The van der Waals surface area contributed by atoms with E-state index in [1.54, 1.807) is 0 Å². The molecule has 2 heterocycles. The summed E-state index contributed by atoms with van der Waals surface area (Å²) in [4.78, 5) is 2.44. The number of fused-ring (bicyclic) bond motifs is 2. The summed E-state index contributed by atoms with van der Waals surface area (Å²) < 4.78 is 0. The Morgan fingerprint density at radius 2 is 1.30 bits per heavy atom. The average Bonchev–Trinajstić information content (AvgIpc) is 2.78. The zero-order valence-electron chi connectivity index (χ0n) is 19.8. The molecule has 0 saturated heterocycles. The Bertz CT molecular complexity index is 926. The van der Waals surface area contributed by atoms with Crippen molar-refractivity contribution in [3.8, 4) is 11.5 Å². The van der Waals surface area contributed by atoms with E-state index < -0.39 is 0 Å². The number of benzene rings is 2. The number of anilines is 2. The first-order valence-corrected chi connectivity index (χ1v) is 11.3. The fourth-order valence-corrected chi connectivity index (χ4v) is 5.03. The zero-order chi connectivity index (χ0) is 22.2. The molecular formula is C26H38N2O2. The van der Waals surface area contributed by atoms with Crippen LogP contribution in [0.1, 0.15) is 64.3 Å². The molecule has 0 fully saturated rings. The minimum atomic E-state index is 0.477. The summed E-state index contributed by atoms with van der Waals surface area (Å²) in [6, 6.07) is 0. The molecule has 2 aliphatic rings. The van der Waals surface area contributed by atoms with E-state index >= 15 is 0 Å². The molecule has 0 radical (unpaired) electrons. The van der Waals surface area contributed by atoms with Gasteiger partial charge in [-0.1, -0.05) is 0 Å². The number of phenolic OH excluding ortho intramolecular Hbond substituents is 2. The van der Waals surface area contributed by atoms with E-state index in [2.05, 4.69) is 31.0 Å². The SMILES string of the molecule is CCN1CCCc2c(C)c(O)c(C)c(C)c21.Cc1c(C)c2c(c(C)c1O)CCCN2. The number of hydrogen-bond donors (Lipinski definition) is 3. The number of aromatic hydroxyl groups is 2. The highest BCUT2D eigenvalue weighted by Crippen LogP contribution is 2.40. The van der Waals surface area contributed by atoms with Crippen molar-refractivity contribution in [2.45, 2.75) is 74.1 Å². The average molecular weight is 411 g/mol. The van der Waals surface area contributed by atoms with E-state index in [0.29, 0.717) is 11.5 Å². The Labute approximate surface area is 181 Å². The van der Waals surface area contributed by atoms with Crippen molar-refractivity contribution >= 4 is 11.4 Å². The third-order valence-corrected chi connectivity index (χ3v) is 7.23. The minimum Gasteiger partial charge on any atom is -0.507 e. The van der Waals surface area contributed by atoms with Gasteiger partial charge in [-0.2, -0.15) is 0 Å². The Morgan fingerprint density at radius 3 is 1.93 bits per heavy atom. The minimum absolute atomic E-state index is 0.477. The van der Waals surface area contributed by atoms with E-state index in [1.165, 1.54) is 40.0 Å². The van der Waals surface area contributed by atoms with Gasteiger partial charge in [-0.15, -0.1) is 0 Å². The molecule has 0 aliphatic carbocycles. The van der Waals surface area contributed by atoms with Gasteiger partial charge in [-0.25, -0.2) is 0 Å². The van der Waals surface area contributed by atoms with Crippen LogP contribution in [-0.2, 0) is 12.8 Å².